The van der Waals surface area contributed by atoms with Crippen LogP contribution in [0.1, 0.15) is 32.6 Å². The fraction of sp³-hybridized carbons (Fsp3) is 0.278. The summed E-state index contributed by atoms with van der Waals surface area (Å²) in [6.45, 7) is 7.29. The molecule has 0 saturated heterocycles. The van der Waals surface area contributed by atoms with Crippen molar-refractivity contribution in [3.8, 4) is 5.75 Å². The van der Waals surface area contributed by atoms with Gasteiger partial charge in [-0.1, -0.05) is 0 Å². The Kier molecular flexibility index (Phi) is 4.97. The lowest BCUT2D eigenvalue weighted by atomic mass is 9.93. The fourth-order valence-electron chi connectivity index (χ4n) is 2.48. The fourth-order valence-corrected chi connectivity index (χ4v) is 2.48. The van der Waals surface area contributed by atoms with E-state index in [1.807, 2.05) is 27.7 Å². The van der Waals surface area contributed by atoms with Gasteiger partial charge in [0.1, 0.15) is 5.82 Å². The first kappa shape index (κ1) is 17.6. The average Bonchev–Trinajstić information content (AvgIpc) is 2.53. The van der Waals surface area contributed by atoms with E-state index >= 15 is 0 Å². The van der Waals surface area contributed by atoms with E-state index in [9.17, 15) is 19.3 Å². The Labute approximate surface area is 139 Å². The number of hydrogen-bond donors (Lipinski definition) is 0. The van der Waals surface area contributed by atoms with Crippen LogP contribution in [0.25, 0.3) is 0 Å². The van der Waals surface area contributed by atoms with Gasteiger partial charge in [-0.25, -0.2) is 4.39 Å². The maximum atomic E-state index is 13.3. The molecule has 2 rings (SSSR count). The molecule has 0 aromatic heterocycles. The zero-order valence-electron chi connectivity index (χ0n) is 14.0. The molecule has 126 valence electrons. The van der Waals surface area contributed by atoms with Crippen LogP contribution in [0.5, 0.6) is 5.75 Å². The number of carbonyl (C=O) groups excluding carboxylic acids is 1. The second-order valence-corrected chi connectivity index (χ2v) is 5.70. The molecule has 2 aromatic carbocycles. The average molecular weight is 331 g/mol. The minimum Gasteiger partial charge on any atom is -0.478 e. The molecule has 0 atom stereocenters. The summed E-state index contributed by atoms with van der Waals surface area (Å²) in [6.07, 6.45) is 0. The molecule has 24 heavy (non-hydrogen) atoms. The first-order chi connectivity index (χ1) is 11.2. The van der Waals surface area contributed by atoms with Crippen molar-refractivity contribution in [2.24, 2.45) is 0 Å². The van der Waals surface area contributed by atoms with Gasteiger partial charge in [-0.05, 0) is 62.1 Å². The molecule has 0 aliphatic heterocycles. The van der Waals surface area contributed by atoms with Gasteiger partial charge in [0.2, 0.25) is 0 Å². The third-order valence-corrected chi connectivity index (χ3v) is 4.26. The second kappa shape index (κ2) is 6.78. The summed E-state index contributed by atoms with van der Waals surface area (Å²) in [5, 5.41) is 10.9. The van der Waals surface area contributed by atoms with Crippen molar-refractivity contribution in [1.82, 2.24) is 0 Å². The Balaban J connectivity index is 2.27. The van der Waals surface area contributed by atoms with Gasteiger partial charge in [0.05, 0.1) is 4.92 Å². The number of rotatable bonds is 5. The summed E-state index contributed by atoms with van der Waals surface area (Å²) in [5.41, 5.74) is 4.10. The first-order valence-electron chi connectivity index (χ1n) is 7.39. The third kappa shape index (κ3) is 3.42. The van der Waals surface area contributed by atoms with Gasteiger partial charge in [-0.15, -0.1) is 0 Å². The molecule has 0 aliphatic carbocycles. The van der Waals surface area contributed by atoms with E-state index in [2.05, 4.69) is 0 Å². The van der Waals surface area contributed by atoms with Gasteiger partial charge < -0.3 is 4.74 Å². The van der Waals surface area contributed by atoms with Gasteiger partial charge in [0, 0.05) is 17.7 Å². The van der Waals surface area contributed by atoms with E-state index in [-0.39, 0.29) is 17.2 Å². The van der Waals surface area contributed by atoms with Crippen LogP contribution >= 0.6 is 0 Å². The van der Waals surface area contributed by atoms with Crippen molar-refractivity contribution in [1.29, 1.82) is 0 Å². The van der Waals surface area contributed by atoms with E-state index in [0.29, 0.717) is 5.56 Å². The number of nitrogens with zero attached hydrogens (tertiary/aromatic N) is 1. The van der Waals surface area contributed by atoms with Crippen molar-refractivity contribution >= 4 is 11.5 Å². The number of aryl methyl sites for hydroxylation is 1. The Morgan fingerprint density at radius 1 is 1.12 bits per heavy atom. The third-order valence-electron chi connectivity index (χ3n) is 4.26. The van der Waals surface area contributed by atoms with Crippen molar-refractivity contribution < 1.29 is 18.8 Å². The van der Waals surface area contributed by atoms with Crippen LogP contribution in [0.15, 0.2) is 24.3 Å². The maximum absolute atomic E-state index is 13.3. The van der Waals surface area contributed by atoms with Gasteiger partial charge >= 0.3 is 5.69 Å². The van der Waals surface area contributed by atoms with E-state index in [4.69, 9.17) is 4.74 Å². The highest BCUT2D eigenvalue weighted by Crippen LogP contribution is 2.28. The molecule has 2 aromatic rings. The quantitative estimate of drug-likeness (QED) is 0.467. The molecule has 0 fully saturated rings. The number of nitro benzene ring substituents is 1. The molecule has 0 amide bonds. The zero-order chi connectivity index (χ0) is 18.0. The van der Waals surface area contributed by atoms with Crippen molar-refractivity contribution in [2.45, 2.75) is 27.7 Å². The largest absolute Gasteiger partial charge is 0.478 e. The summed E-state index contributed by atoms with van der Waals surface area (Å²) in [5.74, 6) is -1.23. The van der Waals surface area contributed by atoms with Crippen molar-refractivity contribution in [3.63, 3.8) is 0 Å². The molecule has 0 aliphatic rings. The highest BCUT2D eigenvalue weighted by molar-refractivity contribution is 5.99. The minimum atomic E-state index is -0.676. The van der Waals surface area contributed by atoms with Gasteiger partial charge in [-0.2, -0.15) is 0 Å². The normalized spacial score (nSPS) is 10.5. The highest BCUT2D eigenvalue weighted by Gasteiger charge is 2.19. The smallest absolute Gasteiger partial charge is 0.311 e. The molecule has 0 saturated carbocycles. The second-order valence-electron chi connectivity index (χ2n) is 5.70. The molecule has 0 heterocycles. The van der Waals surface area contributed by atoms with Crippen molar-refractivity contribution in [2.75, 3.05) is 6.61 Å². The molecule has 0 spiro atoms. The summed E-state index contributed by atoms with van der Waals surface area (Å²) in [6, 6.07) is 4.68. The number of halogens is 1. The Bertz CT molecular complexity index is 830. The summed E-state index contributed by atoms with van der Waals surface area (Å²) < 4.78 is 18.5. The predicted molar refractivity (Wildman–Crippen MR) is 88.3 cm³/mol. The van der Waals surface area contributed by atoms with Crippen LogP contribution in [-0.4, -0.2) is 17.3 Å². The van der Waals surface area contributed by atoms with Crippen LogP contribution in [0, 0.1) is 43.6 Å². The van der Waals surface area contributed by atoms with Gasteiger partial charge in [0.15, 0.2) is 18.1 Å². The van der Waals surface area contributed by atoms with E-state index in [0.717, 1.165) is 40.5 Å². The van der Waals surface area contributed by atoms with E-state index in [1.165, 1.54) is 0 Å². The molecule has 0 unspecified atom stereocenters. The molecule has 6 heteroatoms. The van der Waals surface area contributed by atoms with E-state index < -0.39 is 17.3 Å². The van der Waals surface area contributed by atoms with E-state index in [1.54, 1.807) is 6.07 Å². The van der Waals surface area contributed by atoms with Gasteiger partial charge in [0.25, 0.3) is 0 Å². The SMILES string of the molecule is Cc1cc(C(=O)COc2cc(F)ccc2[N+](=O)[O-])c(C)c(C)c1C. The standard InChI is InChI=1S/C18H18FNO4/c1-10-7-15(13(4)12(3)11(10)2)17(21)9-24-18-8-14(19)5-6-16(18)20(22)23/h5-8H,9H2,1-4H3. The Hall–Kier alpha value is -2.76. The topological polar surface area (TPSA) is 69.4 Å². The number of Topliss-reactive ketones (excluding diaryl/α,β-unsaturated/α-hetero) is 1. The van der Waals surface area contributed by atoms with Crippen LogP contribution in [0.2, 0.25) is 0 Å². The van der Waals surface area contributed by atoms with Crippen LogP contribution in [0.4, 0.5) is 10.1 Å². The highest BCUT2D eigenvalue weighted by atomic mass is 19.1. The number of ether oxygens (including phenoxy) is 1. The maximum Gasteiger partial charge on any atom is 0.311 e. The summed E-state index contributed by atoms with van der Waals surface area (Å²) >= 11 is 0. The molecule has 0 N–H and O–H groups in total. The molecular weight excluding hydrogens is 313 g/mol. The van der Waals surface area contributed by atoms with Crippen LogP contribution in [0.3, 0.4) is 0 Å². The number of nitro groups is 1. The summed E-state index contributed by atoms with van der Waals surface area (Å²) in [7, 11) is 0. The number of benzene rings is 2. The lowest BCUT2D eigenvalue weighted by Gasteiger charge is -2.14. The predicted octanol–water partition coefficient (Wildman–Crippen LogP) is 4.23. The first-order valence-corrected chi connectivity index (χ1v) is 7.39. The lowest BCUT2D eigenvalue weighted by molar-refractivity contribution is -0.385. The number of carbonyl (C=O) groups is 1. The van der Waals surface area contributed by atoms with Crippen LogP contribution < -0.4 is 4.74 Å². The molecular formula is C18H18FNO4. The van der Waals surface area contributed by atoms with Gasteiger partial charge in [-0.3, -0.25) is 14.9 Å². The number of hydrogen-bond acceptors (Lipinski definition) is 4. The zero-order valence-corrected chi connectivity index (χ0v) is 14.0. The molecule has 0 radical (unpaired) electrons. The lowest BCUT2D eigenvalue weighted by Crippen LogP contribution is -2.15. The van der Waals surface area contributed by atoms with Crippen molar-refractivity contribution in [3.05, 3.63) is 68.0 Å². The Morgan fingerprint density at radius 2 is 1.79 bits per heavy atom. The molecule has 0 bridgehead atoms. The number of ketones is 1. The monoisotopic (exact) mass is 331 g/mol. The van der Waals surface area contributed by atoms with Crippen LogP contribution in [-0.2, 0) is 0 Å². The Morgan fingerprint density at radius 3 is 2.42 bits per heavy atom. The molecule has 5 nitrogen and oxygen atoms in total. The summed E-state index contributed by atoms with van der Waals surface area (Å²) in [4.78, 5) is 22.7. The minimum absolute atomic E-state index is 0.258.